The molecule has 54 heavy (non-hydrogen) atoms. The standard InChI is InChI=1S/C39H47FN8O5S/c1-23-10-9-11-24(2)47(23)38-44-43-34-19-15-27(21-46(34)38)53-32-18-17-31(28-12-7-8-13-29(28)32)41-37(49)42-35-20-33(39(4,5)6)45-48(35)36-25(3)26(14-16-30(36)40)22-54(50,51)52/h7-8,12-16,19-21,23-24,31-32H,9-11,17-18,22H2,1-6H3,(H2,41,42,49)(H,50,51,52)/t23-,24+,31-,32+/m0/s1. The molecular weight excluding hydrogens is 712 g/mol. The molecule has 2 aromatic carbocycles. The summed E-state index contributed by atoms with van der Waals surface area (Å²) < 4.78 is 58.3. The molecule has 5 aromatic rings. The summed E-state index contributed by atoms with van der Waals surface area (Å²) in [6.45, 7) is 11.8. The van der Waals surface area contributed by atoms with Crippen molar-refractivity contribution in [2.75, 3.05) is 10.2 Å². The van der Waals surface area contributed by atoms with Crippen molar-refractivity contribution < 1.29 is 26.9 Å². The Morgan fingerprint density at radius 1 is 1.00 bits per heavy atom. The van der Waals surface area contributed by atoms with Crippen molar-refractivity contribution in [2.45, 2.75) is 109 Å². The van der Waals surface area contributed by atoms with Crippen LogP contribution in [0.1, 0.15) is 107 Å². The third-order valence-corrected chi connectivity index (χ3v) is 11.2. The first-order chi connectivity index (χ1) is 25.6. The summed E-state index contributed by atoms with van der Waals surface area (Å²) in [4.78, 5) is 16.1. The van der Waals surface area contributed by atoms with Gasteiger partial charge in [-0.2, -0.15) is 13.5 Å². The Morgan fingerprint density at radius 3 is 2.43 bits per heavy atom. The van der Waals surface area contributed by atoms with E-state index in [1.54, 1.807) is 13.0 Å². The summed E-state index contributed by atoms with van der Waals surface area (Å²) in [6.07, 6.45) is 6.33. The Labute approximate surface area is 314 Å². The zero-order valence-corrected chi connectivity index (χ0v) is 32.2. The number of rotatable bonds is 8. The fourth-order valence-electron chi connectivity index (χ4n) is 7.75. The molecule has 1 aliphatic carbocycles. The zero-order valence-electron chi connectivity index (χ0n) is 31.4. The summed E-state index contributed by atoms with van der Waals surface area (Å²) >= 11 is 0. The van der Waals surface area contributed by atoms with Crippen molar-refractivity contribution in [3.05, 3.63) is 94.6 Å². The normalized spacial score (nSPS) is 20.5. The van der Waals surface area contributed by atoms with Crippen LogP contribution in [0.15, 0.2) is 60.8 Å². The molecule has 2 amide bonds. The number of hydrogen-bond donors (Lipinski definition) is 3. The van der Waals surface area contributed by atoms with Crippen molar-refractivity contribution in [2.24, 2.45) is 0 Å². The second kappa shape index (κ2) is 14.3. The van der Waals surface area contributed by atoms with Gasteiger partial charge in [0, 0.05) is 23.6 Å². The number of anilines is 2. The van der Waals surface area contributed by atoms with E-state index in [-0.39, 0.29) is 34.8 Å². The molecule has 0 saturated carbocycles. The Balaban J connectivity index is 1.12. The van der Waals surface area contributed by atoms with Gasteiger partial charge in [0.15, 0.2) is 5.65 Å². The van der Waals surface area contributed by atoms with Crippen LogP contribution in [0.2, 0.25) is 0 Å². The van der Waals surface area contributed by atoms with Gasteiger partial charge in [0.1, 0.15) is 34.9 Å². The molecule has 15 heteroatoms. The second-order valence-electron chi connectivity index (χ2n) is 15.6. The summed E-state index contributed by atoms with van der Waals surface area (Å²) in [6, 6.07) is 15.7. The van der Waals surface area contributed by atoms with Gasteiger partial charge >= 0.3 is 6.03 Å². The largest absolute Gasteiger partial charge is 0.484 e. The lowest BCUT2D eigenvalue weighted by Crippen LogP contribution is -2.44. The lowest BCUT2D eigenvalue weighted by molar-refractivity contribution is 0.171. The van der Waals surface area contributed by atoms with Crippen LogP contribution >= 0.6 is 0 Å². The van der Waals surface area contributed by atoms with Crippen LogP contribution in [0.25, 0.3) is 11.3 Å². The van der Waals surface area contributed by atoms with Gasteiger partial charge in [-0.15, -0.1) is 10.2 Å². The van der Waals surface area contributed by atoms with E-state index in [0.717, 1.165) is 41.6 Å². The predicted molar refractivity (Wildman–Crippen MR) is 204 cm³/mol. The third kappa shape index (κ3) is 7.51. The number of ether oxygens (including phenoxy) is 1. The molecule has 1 saturated heterocycles. The Bertz CT molecular complexity index is 2310. The molecule has 13 nitrogen and oxygen atoms in total. The summed E-state index contributed by atoms with van der Waals surface area (Å²) in [5.41, 5.74) is 3.21. The first-order valence-corrected chi connectivity index (χ1v) is 20.0. The monoisotopic (exact) mass is 758 g/mol. The zero-order chi connectivity index (χ0) is 38.5. The number of nitrogens with one attached hydrogen (secondary N) is 2. The minimum Gasteiger partial charge on any atom is -0.484 e. The molecule has 4 heterocycles. The van der Waals surface area contributed by atoms with E-state index in [9.17, 15) is 17.8 Å². The minimum atomic E-state index is -4.39. The fourth-order valence-corrected chi connectivity index (χ4v) is 8.45. The average molecular weight is 759 g/mol. The summed E-state index contributed by atoms with van der Waals surface area (Å²) in [7, 11) is -4.39. The highest BCUT2D eigenvalue weighted by molar-refractivity contribution is 7.85. The molecular formula is C39H47FN8O5S. The summed E-state index contributed by atoms with van der Waals surface area (Å²) in [5, 5.41) is 19.6. The van der Waals surface area contributed by atoms with Gasteiger partial charge in [0.05, 0.1) is 17.9 Å². The number of pyridine rings is 1. The van der Waals surface area contributed by atoms with Gasteiger partial charge in [-0.1, -0.05) is 51.1 Å². The molecule has 3 N–H and O–H groups in total. The van der Waals surface area contributed by atoms with E-state index >= 15 is 4.39 Å². The fraction of sp³-hybridized carbons (Fsp3) is 0.436. The number of amides is 2. The third-order valence-electron chi connectivity index (χ3n) is 10.6. The number of carbonyl (C=O) groups is 1. The molecule has 0 bridgehead atoms. The van der Waals surface area contributed by atoms with Crippen molar-refractivity contribution in [3.8, 4) is 11.4 Å². The van der Waals surface area contributed by atoms with Crippen LogP contribution in [-0.4, -0.2) is 55.5 Å². The van der Waals surface area contributed by atoms with Crippen LogP contribution in [0.5, 0.6) is 5.75 Å². The number of hydrogen-bond acceptors (Lipinski definition) is 8. The first-order valence-electron chi connectivity index (χ1n) is 18.4. The Hall–Kier alpha value is -5.02. The maximum Gasteiger partial charge on any atom is 0.320 e. The van der Waals surface area contributed by atoms with E-state index in [0.29, 0.717) is 36.4 Å². The van der Waals surface area contributed by atoms with Crippen LogP contribution in [0.4, 0.5) is 21.0 Å². The molecule has 0 radical (unpaired) electrons. The number of fused-ring (bicyclic) bond motifs is 2. The van der Waals surface area contributed by atoms with Crippen LogP contribution in [0.3, 0.4) is 0 Å². The van der Waals surface area contributed by atoms with Crippen molar-refractivity contribution in [1.29, 1.82) is 0 Å². The SMILES string of the molecule is Cc1c(CS(=O)(=O)O)ccc(F)c1-n1nc(C(C)(C)C)cc1NC(=O)N[C@H]1CC[C@@H](Oc2ccc3nnc(N4[C@H](C)CCC[C@@H]4C)n3c2)c2ccccc21. The number of nitrogens with zero attached hydrogens (tertiary/aromatic N) is 6. The van der Waals surface area contributed by atoms with E-state index in [1.165, 1.54) is 17.2 Å². The van der Waals surface area contributed by atoms with Crippen molar-refractivity contribution in [3.63, 3.8) is 0 Å². The second-order valence-corrected chi connectivity index (χ2v) is 17.0. The first kappa shape index (κ1) is 37.3. The molecule has 1 aliphatic heterocycles. The highest BCUT2D eigenvalue weighted by atomic mass is 32.2. The number of piperidine rings is 1. The van der Waals surface area contributed by atoms with E-state index in [1.807, 2.05) is 67.8 Å². The van der Waals surface area contributed by atoms with Crippen LogP contribution < -0.4 is 20.3 Å². The number of halogens is 1. The minimum absolute atomic E-state index is 0.0262. The van der Waals surface area contributed by atoms with Gasteiger partial charge in [-0.25, -0.2) is 13.9 Å². The maximum atomic E-state index is 15.5. The van der Waals surface area contributed by atoms with Gasteiger partial charge in [-0.05, 0) is 93.3 Å². The van der Waals surface area contributed by atoms with Crippen molar-refractivity contribution >= 4 is 33.6 Å². The predicted octanol–water partition coefficient (Wildman–Crippen LogP) is 7.59. The number of carbonyl (C=O) groups excluding carboxylic acids is 1. The Kier molecular flexibility index (Phi) is 9.90. The van der Waals surface area contributed by atoms with E-state index in [2.05, 4.69) is 44.7 Å². The highest BCUT2D eigenvalue weighted by Gasteiger charge is 2.32. The van der Waals surface area contributed by atoms with Gasteiger partial charge in [-0.3, -0.25) is 14.3 Å². The van der Waals surface area contributed by atoms with Crippen LogP contribution in [0, 0.1) is 12.7 Å². The lowest BCUT2D eigenvalue weighted by atomic mass is 9.85. The van der Waals surface area contributed by atoms with Crippen molar-refractivity contribution in [1.82, 2.24) is 29.7 Å². The van der Waals surface area contributed by atoms with Gasteiger partial charge in [0.2, 0.25) is 5.95 Å². The average Bonchev–Trinajstić information content (AvgIpc) is 3.71. The molecule has 2 aliphatic rings. The Morgan fingerprint density at radius 2 is 1.72 bits per heavy atom. The molecule has 0 unspecified atom stereocenters. The van der Waals surface area contributed by atoms with E-state index in [4.69, 9.17) is 4.74 Å². The molecule has 4 atom stereocenters. The topological polar surface area (TPSA) is 156 Å². The molecule has 0 spiro atoms. The number of benzene rings is 2. The van der Waals surface area contributed by atoms with E-state index < -0.39 is 33.1 Å². The molecule has 3 aromatic heterocycles. The quantitative estimate of drug-likeness (QED) is 0.136. The number of urea groups is 1. The van der Waals surface area contributed by atoms with Gasteiger partial charge in [0.25, 0.3) is 10.1 Å². The highest BCUT2D eigenvalue weighted by Crippen LogP contribution is 2.39. The van der Waals surface area contributed by atoms with Crippen LogP contribution in [-0.2, 0) is 21.3 Å². The molecule has 286 valence electrons. The molecule has 1 fully saturated rings. The molecule has 7 rings (SSSR count). The summed E-state index contributed by atoms with van der Waals surface area (Å²) in [5.74, 6) is 0.347. The number of aromatic nitrogens is 5. The van der Waals surface area contributed by atoms with Gasteiger partial charge < -0.3 is 15.0 Å². The lowest BCUT2D eigenvalue weighted by Gasteiger charge is -2.39. The smallest absolute Gasteiger partial charge is 0.320 e. The maximum absolute atomic E-state index is 15.5.